The van der Waals surface area contributed by atoms with Crippen LogP contribution in [0.3, 0.4) is 0 Å². The number of aryl methyl sites for hydroxylation is 1. The predicted molar refractivity (Wildman–Crippen MR) is 72.5 cm³/mol. The number of fused-ring (bicyclic) bond motifs is 1. The minimum Gasteiger partial charge on any atom is -0.467 e. The second-order valence-electron chi connectivity index (χ2n) is 4.23. The van der Waals surface area contributed by atoms with Crippen LogP contribution in [-0.4, -0.2) is 32.5 Å². The van der Waals surface area contributed by atoms with E-state index in [1.807, 2.05) is 13.0 Å². The summed E-state index contributed by atoms with van der Waals surface area (Å²) in [5.41, 5.74) is 2.79. The SMILES string of the molecule is COc1ncc(-c2ccc3nn[nH]c(=O)c3c2C)cn1. The first-order valence-electron chi connectivity index (χ1n) is 5.92. The molecule has 20 heavy (non-hydrogen) atoms. The molecule has 0 unspecified atom stereocenters. The molecule has 0 aliphatic heterocycles. The molecule has 0 amide bonds. The second kappa shape index (κ2) is 4.69. The maximum absolute atomic E-state index is 11.9. The fourth-order valence-corrected chi connectivity index (χ4v) is 2.12. The molecule has 3 aromatic rings. The maximum Gasteiger partial charge on any atom is 0.316 e. The zero-order valence-corrected chi connectivity index (χ0v) is 10.9. The Hall–Kier alpha value is -2.83. The molecule has 1 aromatic carbocycles. The van der Waals surface area contributed by atoms with E-state index in [9.17, 15) is 4.79 Å². The zero-order valence-electron chi connectivity index (χ0n) is 10.9. The Bertz CT molecular complexity index is 826. The summed E-state index contributed by atoms with van der Waals surface area (Å²) in [6, 6.07) is 3.93. The van der Waals surface area contributed by atoms with Gasteiger partial charge >= 0.3 is 6.01 Å². The first-order chi connectivity index (χ1) is 9.70. The van der Waals surface area contributed by atoms with Gasteiger partial charge in [0.2, 0.25) is 0 Å². The lowest BCUT2D eigenvalue weighted by Crippen LogP contribution is -2.11. The van der Waals surface area contributed by atoms with Crippen molar-refractivity contribution in [2.24, 2.45) is 0 Å². The third kappa shape index (κ3) is 1.89. The van der Waals surface area contributed by atoms with Gasteiger partial charge in [-0.25, -0.2) is 15.1 Å². The number of hydrogen-bond acceptors (Lipinski definition) is 6. The molecule has 7 heteroatoms. The third-order valence-electron chi connectivity index (χ3n) is 3.10. The van der Waals surface area contributed by atoms with Crippen LogP contribution in [0.4, 0.5) is 0 Å². The molecular formula is C13H11N5O2. The summed E-state index contributed by atoms with van der Waals surface area (Å²) in [5, 5.41) is 10.3. The lowest BCUT2D eigenvalue weighted by molar-refractivity contribution is 0.380. The van der Waals surface area contributed by atoms with Crippen LogP contribution in [0.25, 0.3) is 22.0 Å². The van der Waals surface area contributed by atoms with Crippen molar-refractivity contribution in [1.82, 2.24) is 25.4 Å². The highest BCUT2D eigenvalue weighted by Gasteiger charge is 2.10. The Morgan fingerprint density at radius 1 is 1.20 bits per heavy atom. The van der Waals surface area contributed by atoms with Gasteiger partial charge in [0.05, 0.1) is 12.5 Å². The number of benzene rings is 1. The summed E-state index contributed by atoms with van der Waals surface area (Å²) >= 11 is 0. The van der Waals surface area contributed by atoms with Crippen molar-refractivity contribution in [3.63, 3.8) is 0 Å². The van der Waals surface area contributed by atoms with E-state index >= 15 is 0 Å². The Labute approximate surface area is 113 Å². The highest BCUT2D eigenvalue weighted by Crippen LogP contribution is 2.26. The van der Waals surface area contributed by atoms with Crippen molar-refractivity contribution in [2.75, 3.05) is 7.11 Å². The Morgan fingerprint density at radius 2 is 1.95 bits per heavy atom. The molecule has 0 saturated heterocycles. The molecule has 2 aromatic heterocycles. The van der Waals surface area contributed by atoms with Crippen LogP contribution in [0.15, 0.2) is 29.3 Å². The maximum atomic E-state index is 11.9. The summed E-state index contributed by atoms with van der Waals surface area (Å²) in [6.45, 7) is 1.86. The molecule has 1 N–H and O–H groups in total. The molecule has 3 rings (SSSR count). The van der Waals surface area contributed by atoms with Crippen LogP contribution in [-0.2, 0) is 0 Å². The fraction of sp³-hybridized carbons (Fsp3) is 0.154. The summed E-state index contributed by atoms with van der Waals surface area (Å²) in [4.78, 5) is 20.0. The van der Waals surface area contributed by atoms with E-state index in [1.165, 1.54) is 7.11 Å². The normalized spacial score (nSPS) is 10.7. The van der Waals surface area contributed by atoms with Gasteiger partial charge in [-0.3, -0.25) is 4.79 Å². The standard InChI is InChI=1S/C13H11N5O2/c1-7-9(8-5-14-13(20-2)15-6-8)3-4-10-11(7)12(19)17-18-16-10/h3-6H,1-2H3,(H,16,17,19). The van der Waals surface area contributed by atoms with Crippen LogP contribution in [0.1, 0.15) is 5.56 Å². The van der Waals surface area contributed by atoms with E-state index in [4.69, 9.17) is 4.74 Å². The van der Waals surface area contributed by atoms with E-state index < -0.39 is 0 Å². The molecule has 0 radical (unpaired) electrons. The van der Waals surface area contributed by atoms with Crippen molar-refractivity contribution in [1.29, 1.82) is 0 Å². The average Bonchev–Trinajstić information content (AvgIpc) is 2.48. The van der Waals surface area contributed by atoms with Gasteiger partial charge < -0.3 is 4.74 Å². The van der Waals surface area contributed by atoms with E-state index in [0.29, 0.717) is 16.9 Å². The minimum absolute atomic E-state index is 0.260. The zero-order chi connectivity index (χ0) is 14.1. The summed E-state index contributed by atoms with van der Waals surface area (Å²) < 4.78 is 4.93. The van der Waals surface area contributed by atoms with E-state index in [1.54, 1.807) is 18.5 Å². The van der Waals surface area contributed by atoms with Gasteiger partial charge in [0, 0.05) is 18.0 Å². The largest absolute Gasteiger partial charge is 0.467 e. The molecule has 0 aliphatic carbocycles. The van der Waals surface area contributed by atoms with Crippen LogP contribution in [0.5, 0.6) is 6.01 Å². The van der Waals surface area contributed by atoms with Crippen LogP contribution >= 0.6 is 0 Å². The van der Waals surface area contributed by atoms with E-state index in [0.717, 1.165) is 16.7 Å². The second-order valence-corrected chi connectivity index (χ2v) is 4.23. The van der Waals surface area contributed by atoms with Crippen molar-refractivity contribution >= 4 is 10.9 Å². The third-order valence-corrected chi connectivity index (χ3v) is 3.10. The monoisotopic (exact) mass is 269 g/mol. The smallest absolute Gasteiger partial charge is 0.316 e. The molecule has 2 heterocycles. The number of rotatable bonds is 2. The lowest BCUT2D eigenvalue weighted by atomic mass is 10.00. The molecular weight excluding hydrogens is 258 g/mol. The van der Waals surface area contributed by atoms with E-state index in [-0.39, 0.29) is 5.56 Å². The van der Waals surface area contributed by atoms with Crippen molar-refractivity contribution < 1.29 is 4.74 Å². The Morgan fingerprint density at radius 3 is 2.65 bits per heavy atom. The molecule has 0 spiro atoms. The minimum atomic E-state index is -0.260. The number of ether oxygens (including phenoxy) is 1. The fourth-order valence-electron chi connectivity index (χ4n) is 2.12. The molecule has 0 saturated carbocycles. The van der Waals surface area contributed by atoms with Gasteiger partial charge in [0.15, 0.2) is 0 Å². The summed E-state index contributed by atoms with van der Waals surface area (Å²) in [5.74, 6) is 0. The quantitative estimate of drug-likeness (QED) is 0.748. The van der Waals surface area contributed by atoms with Gasteiger partial charge in [0.25, 0.3) is 5.56 Å². The highest BCUT2D eigenvalue weighted by molar-refractivity contribution is 5.87. The van der Waals surface area contributed by atoms with Gasteiger partial charge in [-0.05, 0) is 24.1 Å². The number of aromatic amines is 1. The first kappa shape index (κ1) is 12.2. The van der Waals surface area contributed by atoms with E-state index in [2.05, 4.69) is 25.4 Å². The number of aromatic nitrogens is 5. The van der Waals surface area contributed by atoms with Gasteiger partial charge in [-0.2, -0.15) is 0 Å². The van der Waals surface area contributed by atoms with Gasteiger partial charge in [-0.15, -0.1) is 5.10 Å². The summed E-state index contributed by atoms with van der Waals surface area (Å²) in [6.07, 6.45) is 3.31. The molecule has 0 aliphatic rings. The van der Waals surface area contributed by atoms with Crippen molar-refractivity contribution in [3.05, 3.63) is 40.4 Å². The van der Waals surface area contributed by atoms with Crippen molar-refractivity contribution in [2.45, 2.75) is 6.92 Å². The molecule has 0 atom stereocenters. The first-order valence-corrected chi connectivity index (χ1v) is 5.92. The highest BCUT2D eigenvalue weighted by atomic mass is 16.5. The Balaban J connectivity index is 2.23. The number of hydrogen-bond donors (Lipinski definition) is 1. The van der Waals surface area contributed by atoms with Gasteiger partial charge in [0.1, 0.15) is 5.52 Å². The molecule has 7 nitrogen and oxygen atoms in total. The number of nitrogens with zero attached hydrogens (tertiary/aromatic N) is 4. The molecule has 100 valence electrons. The lowest BCUT2D eigenvalue weighted by Gasteiger charge is -2.07. The number of methoxy groups -OCH3 is 1. The van der Waals surface area contributed by atoms with Gasteiger partial charge in [-0.1, -0.05) is 11.3 Å². The summed E-state index contributed by atoms with van der Waals surface area (Å²) in [7, 11) is 1.51. The van der Waals surface area contributed by atoms with Crippen molar-refractivity contribution in [3.8, 4) is 17.1 Å². The number of H-pyrrole nitrogens is 1. The topological polar surface area (TPSA) is 93.7 Å². The average molecular weight is 269 g/mol. The Kier molecular flexibility index (Phi) is 2.86. The van der Waals surface area contributed by atoms with Crippen LogP contribution < -0.4 is 10.3 Å². The molecule has 0 bridgehead atoms. The van der Waals surface area contributed by atoms with Crippen LogP contribution in [0, 0.1) is 6.92 Å². The number of nitrogens with one attached hydrogen (secondary N) is 1. The molecule has 0 fully saturated rings. The predicted octanol–water partition coefficient (Wildman–Crippen LogP) is 1.09. The van der Waals surface area contributed by atoms with Crippen LogP contribution in [0.2, 0.25) is 0 Å².